The monoisotopic (exact) mass is 491 g/mol. The Bertz CT molecular complexity index is 1130. The van der Waals surface area contributed by atoms with Gasteiger partial charge < -0.3 is 14.9 Å². The van der Waals surface area contributed by atoms with Crippen LogP contribution in [0.25, 0.3) is 0 Å². The van der Waals surface area contributed by atoms with Gasteiger partial charge in [0.05, 0.1) is 16.1 Å². The Morgan fingerprint density at radius 3 is 2.42 bits per heavy atom. The van der Waals surface area contributed by atoms with Gasteiger partial charge in [-0.1, -0.05) is 0 Å². The molecule has 2 N–H and O–H groups in total. The fourth-order valence-electron chi connectivity index (χ4n) is 3.78. The molecule has 1 fully saturated rings. The van der Waals surface area contributed by atoms with Gasteiger partial charge in [0.25, 0.3) is 0 Å². The number of alkyl halides is 3. The number of carboxylic acids is 1. The maximum Gasteiger partial charge on any atom is 0.416 e. The molecule has 3 rings (SSSR count). The van der Waals surface area contributed by atoms with Gasteiger partial charge in [-0.05, 0) is 62.2 Å². The molecular weight excluding hydrogens is 470 g/mol. The van der Waals surface area contributed by atoms with E-state index >= 15 is 0 Å². The number of carbonyl (C=O) groups is 1. The van der Waals surface area contributed by atoms with E-state index < -0.39 is 57.4 Å². The first-order valence-electron chi connectivity index (χ1n) is 9.79. The molecule has 0 bridgehead atoms. The van der Waals surface area contributed by atoms with E-state index in [4.69, 9.17) is 4.74 Å². The van der Waals surface area contributed by atoms with E-state index in [1.165, 1.54) is 19.1 Å². The molecule has 0 amide bonds. The van der Waals surface area contributed by atoms with Crippen molar-refractivity contribution in [2.45, 2.75) is 49.1 Å². The van der Waals surface area contributed by atoms with Crippen LogP contribution in [0.2, 0.25) is 0 Å². The number of sulfonamides is 1. The zero-order valence-corrected chi connectivity index (χ0v) is 18.2. The standard InChI is InChI=1S/C21H21F4NO6S/c1-20(29)9-2-10-26(18(20)19(27)28)33(30,31)16-6-4-15(5-7-16)32-12-13-11-14(22)3-8-17(13)21(23,24)25/h3-8,11,18,29H,2,9-10,12H2,1H3,(H,27,28)/t18-,20-/m0/s1. The number of nitrogens with zero attached hydrogens (tertiary/aromatic N) is 1. The Morgan fingerprint density at radius 1 is 1.21 bits per heavy atom. The fourth-order valence-corrected chi connectivity index (χ4v) is 5.49. The van der Waals surface area contributed by atoms with E-state index in [0.29, 0.717) is 18.2 Å². The first kappa shape index (κ1) is 24.9. The lowest BCUT2D eigenvalue weighted by Crippen LogP contribution is -2.60. The highest BCUT2D eigenvalue weighted by Gasteiger charge is 2.49. The number of carboxylic acid groups (broad SMARTS) is 1. The van der Waals surface area contributed by atoms with Gasteiger partial charge in [-0.25, -0.2) is 12.8 Å². The summed E-state index contributed by atoms with van der Waals surface area (Å²) >= 11 is 0. The smallest absolute Gasteiger partial charge is 0.416 e. The molecule has 1 aliphatic rings. The molecule has 1 saturated heterocycles. The first-order chi connectivity index (χ1) is 15.2. The highest BCUT2D eigenvalue weighted by atomic mass is 32.2. The Balaban J connectivity index is 1.81. The topological polar surface area (TPSA) is 104 Å². The number of aliphatic carboxylic acids is 1. The normalized spacial score (nSPS) is 22.2. The van der Waals surface area contributed by atoms with Crippen LogP contribution in [0.4, 0.5) is 17.6 Å². The Morgan fingerprint density at radius 2 is 1.85 bits per heavy atom. The molecule has 7 nitrogen and oxygen atoms in total. The van der Waals surface area contributed by atoms with Crippen LogP contribution in [-0.2, 0) is 27.6 Å². The van der Waals surface area contributed by atoms with Crippen molar-refractivity contribution in [3.8, 4) is 5.75 Å². The van der Waals surface area contributed by atoms with Crippen molar-refractivity contribution in [1.82, 2.24) is 4.31 Å². The van der Waals surface area contributed by atoms with Crippen LogP contribution in [-0.4, -0.2) is 47.1 Å². The largest absolute Gasteiger partial charge is 0.489 e. The molecule has 0 saturated carbocycles. The Hall–Kier alpha value is -2.70. The number of rotatable bonds is 6. The van der Waals surface area contributed by atoms with Crippen LogP contribution in [0.5, 0.6) is 5.75 Å². The quantitative estimate of drug-likeness (QED) is 0.601. The van der Waals surface area contributed by atoms with E-state index in [9.17, 15) is 41.0 Å². The minimum atomic E-state index is -4.71. The van der Waals surface area contributed by atoms with Crippen molar-refractivity contribution in [1.29, 1.82) is 0 Å². The zero-order chi connectivity index (χ0) is 24.6. The number of piperidine rings is 1. The average Bonchev–Trinajstić information content (AvgIpc) is 2.70. The molecule has 1 heterocycles. The first-order valence-corrected chi connectivity index (χ1v) is 11.2. The summed E-state index contributed by atoms with van der Waals surface area (Å²) in [5, 5.41) is 19.9. The van der Waals surface area contributed by atoms with Crippen LogP contribution >= 0.6 is 0 Å². The summed E-state index contributed by atoms with van der Waals surface area (Å²) < 4.78 is 84.7. The number of hydrogen-bond acceptors (Lipinski definition) is 5. The van der Waals surface area contributed by atoms with E-state index in [-0.39, 0.29) is 30.0 Å². The van der Waals surface area contributed by atoms with Gasteiger partial charge in [0, 0.05) is 12.1 Å². The molecule has 2 atom stereocenters. The van der Waals surface area contributed by atoms with Gasteiger partial charge >= 0.3 is 12.1 Å². The summed E-state index contributed by atoms with van der Waals surface area (Å²) in [6.45, 7) is 0.536. The minimum absolute atomic E-state index is 0.0201. The van der Waals surface area contributed by atoms with Gasteiger partial charge in [-0.3, -0.25) is 4.79 Å². The summed E-state index contributed by atoms with van der Waals surface area (Å²) in [6, 6.07) is 4.93. The van der Waals surface area contributed by atoms with Gasteiger partial charge in [-0.15, -0.1) is 0 Å². The molecule has 33 heavy (non-hydrogen) atoms. The fraction of sp³-hybridized carbons (Fsp3) is 0.381. The average molecular weight is 491 g/mol. The van der Waals surface area contributed by atoms with Gasteiger partial charge in [-0.2, -0.15) is 17.5 Å². The van der Waals surface area contributed by atoms with E-state index in [2.05, 4.69) is 0 Å². The number of benzene rings is 2. The molecule has 12 heteroatoms. The van der Waals surface area contributed by atoms with Gasteiger partial charge in [0.1, 0.15) is 18.2 Å². The zero-order valence-electron chi connectivity index (χ0n) is 17.3. The van der Waals surface area contributed by atoms with Crippen LogP contribution < -0.4 is 4.74 Å². The number of halogens is 4. The van der Waals surface area contributed by atoms with E-state index in [1.54, 1.807) is 0 Å². The molecule has 0 spiro atoms. The highest BCUT2D eigenvalue weighted by molar-refractivity contribution is 7.89. The van der Waals surface area contributed by atoms with Crippen LogP contribution in [0.3, 0.4) is 0 Å². The van der Waals surface area contributed by atoms with Crippen molar-refractivity contribution >= 4 is 16.0 Å². The third-order valence-electron chi connectivity index (χ3n) is 5.37. The number of hydrogen-bond donors (Lipinski definition) is 2. The van der Waals surface area contributed by atoms with Crippen molar-refractivity contribution in [2.75, 3.05) is 6.54 Å². The lowest BCUT2D eigenvalue weighted by molar-refractivity contribution is -0.153. The molecule has 180 valence electrons. The second-order valence-corrected chi connectivity index (χ2v) is 9.77. The predicted octanol–water partition coefficient (Wildman–Crippen LogP) is 3.41. The molecule has 2 aromatic rings. The molecule has 0 unspecified atom stereocenters. The maximum atomic E-state index is 13.4. The summed E-state index contributed by atoms with van der Waals surface area (Å²) in [5.41, 5.74) is -3.25. The van der Waals surface area contributed by atoms with Gasteiger partial charge in [0.2, 0.25) is 10.0 Å². The summed E-state index contributed by atoms with van der Waals surface area (Å²) in [4.78, 5) is 11.4. The summed E-state index contributed by atoms with van der Waals surface area (Å²) in [6.07, 6.45) is -4.34. The third kappa shape index (κ3) is 5.28. The summed E-state index contributed by atoms with van der Waals surface area (Å²) in [7, 11) is -4.30. The van der Waals surface area contributed by atoms with Crippen molar-refractivity contribution in [3.63, 3.8) is 0 Å². The van der Waals surface area contributed by atoms with E-state index in [1.807, 2.05) is 0 Å². The van der Waals surface area contributed by atoms with Gasteiger partial charge in [0.15, 0.2) is 6.04 Å². The SMILES string of the molecule is C[C@]1(O)CCCN(S(=O)(=O)c2ccc(OCc3cc(F)ccc3C(F)(F)F)cc2)[C@H]1C(=O)O. The summed E-state index contributed by atoms with van der Waals surface area (Å²) in [5.74, 6) is -2.33. The lowest BCUT2D eigenvalue weighted by atomic mass is 9.88. The molecule has 1 aliphatic heterocycles. The Labute approximate surface area is 187 Å². The maximum absolute atomic E-state index is 13.4. The Kier molecular flexibility index (Phi) is 6.74. The predicted molar refractivity (Wildman–Crippen MR) is 107 cm³/mol. The highest BCUT2D eigenvalue weighted by Crippen LogP contribution is 2.34. The third-order valence-corrected chi connectivity index (χ3v) is 7.25. The number of aliphatic hydroxyl groups is 1. The second-order valence-electron chi connectivity index (χ2n) is 7.88. The number of ether oxygens (including phenoxy) is 1. The molecule has 0 radical (unpaired) electrons. The van der Waals surface area contributed by atoms with Crippen molar-refractivity contribution < 1.29 is 45.7 Å². The second kappa shape index (κ2) is 8.92. The lowest BCUT2D eigenvalue weighted by Gasteiger charge is -2.41. The van der Waals surface area contributed by atoms with Crippen molar-refractivity contribution in [3.05, 3.63) is 59.4 Å². The van der Waals surface area contributed by atoms with Crippen LogP contribution in [0, 0.1) is 5.82 Å². The molecule has 0 aromatic heterocycles. The molecular formula is C21H21F4NO6S. The van der Waals surface area contributed by atoms with Crippen LogP contribution in [0.15, 0.2) is 47.4 Å². The molecule has 2 aromatic carbocycles. The van der Waals surface area contributed by atoms with E-state index in [0.717, 1.165) is 16.4 Å². The minimum Gasteiger partial charge on any atom is -0.489 e. The van der Waals surface area contributed by atoms with Crippen molar-refractivity contribution in [2.24, 2.45) is 0 Å². The van der Waals surface area contributed by atoms with Crippen LogP contribution in [0.1, 0.15) is 30.9 Å². The molecule has 0 aliphatic carbocycles.